The summed E-state index contributed by atoms with van der Waals surface area (Å²) in [4.78, 5) is 13.1. The molecule has 1 aliphatic rings. The summed E-state index contributed by atoms with van der Waals surface area (Å²) in [6.45, 7) is 11.1. The number of hydrogen-bond acceptors (Lipinski definition) is 4. The average Bonchev–Trinajstić information content (AvgIpc) is 3.25. The predicted molar refractivity (Wildman–Crippen MR) is 122 cm³/mol. The highest BCUT2D eigenvalue weighted by atomic mass is 35.5. The lowest BCUT2D eigenvalue weighted by atomic mass is 9.71. The minimum absolute atomic E-state index is 0.176. The first-order valence-electron chi connectivity index (χ1n) is 10.7. The van der Waals surface area contributed by atoms with E-state index in [-0.39, 0.29) is 11.3 Å². The largest absolute Gasteiger partial charge is 0.360 e. The van der Waals surface area contributed by atoms with Crippen LogP contribution in [0.4, 0.5) is 5.69 Å². The van der Waals surface area contributed by atoms with Gasteiger partial charge in [0.1, 0.15) is 5.76 Å². The SMILES string of the molecule is Cc1nn(Cc2ccccc2Cl)c(C)c1NC(=O)c1noc2c1C[C@@H](C(C)(C)C)CC2. The second-order valence-electron chi connectivity index (χ2n) is 9.49. The van der Waals surface area contributed by atoms with E-state index in [1.807, 2.05) is 42.8 Å². The van der Waals surface area contributed by atoms with Gasteiger partial charge in [-0.3, -0.25) is 9.48 Å². The molecule has 1 N–H and O–H groups in total. The van der Waals surface area contributed by atoms with E-state index in [1.54, 1.807) is 0 Å². The molecular formula is C24H29ClN4O2. The smallest absolute Gasteiger partial charge is 0.278 e. The molecule has 1 aromatic carbocycles. The van der Waals surface area contributed by atoms with Gasteiger partial charge in [-0.15, -0.1) is 0 Å². The number of anilines is 1. The monoisotopic (exact) mass is 440 g/mol. The fourth-order valence-corrected chi connectivity index (χ4v) is 4.51. The summed E-state index contributed by atoms with van der Waals surface area (Å²) in [5.74, 6) is 1.09. The van der Waals surface area contributed by atoms with Crippen molar-refractivity contribution in [1.82, 2.24) is 14.9 Å². The van der Waals surface area contributed by atoms with Crippen LogP contribution in [0.3, 0.4) is 0 Å². The van der Waals surface area contributed by atoms with Gasteiger partial charge in [-0.1, -0.05) is 55.7 Å². The Labute approximate surface area is 188 Å². The Balaban J connectivity index is 1.56. The summed E-state index contributed by atoms with van der Waals surface area (Å²) >= 11 is 6.31. The number of aryl methyl sites for hydroxylation is 2. The second kappa shape index (κ2) is 8.15. The molecule has 0 saturated heterocycles. The molecule has 31 heavy (non-hydrogen) atoms. The molecule has 0 saturated carbocycles. The van der Waals surface area contributed by atoms with Crippen molar-refractivity contribution >= 4 is 23.2 Å². The Bertz CT molecular complexity index is 1120. The number of halogens is 1. The Morgan fingerprint density at radius 3 is 2.74 bits per heavy atom. The number of carbonyl (C=O) groups excluding carboxylic acids is 1. The molecular weight excluding hydrogens is 412 g/mol. The van der Waals surface area contributed by atoms with E-state index in [0.717, 1.165) is 47.5 Å². The number of carbonyl (C=O) groups is 1. The second-order valence-corrected chi connectivity index (χ2v) is 9.89. The van der Waals surface area contributed by atoms with Crippen LogP contribution in [-0.4, -0.2) is 20.8 Å². The summed E-state index contributed by atoms with van der Waals surface area (Å²) in [5.41, 5.74) is 4.82. The standard InChI is InChI=1S/C24H29ClN4O2/c1-14-21(15(2)29(27-14)13-16-8-6-7-9-19(16)25)26-23(30)22-18-12-17(24(3,4)5)10-11-20(18)31-28-22/h6-9,17H,10-13H2,1-5H3,(H,26,30)/t17-/m0/s1. The van der Waals surface area contributed by atoms with Crippen LogP contribution >= 0.6 is 11.6 Å². The van der Waals surface area contributed by atoms with Crippen LogP contribution < -0.4 is 5.32 Å². The number of aromatic nitrogens is 3. The van der Waals surface area contributed by atoms with E-state index < -0.39 is 0 Å². The number of fused-ring (bicyclic) bond motifs is 1. The molecule has 6 nitrogen and oxygen atoms in total. The number of rotatable bonds is 4. The first-order chi connectivity index (χ1) is 14.6. The number of benzene rings is 1. The Kier molecular flexibility index (Phi) is 5.69. The summed E-state index contributed by atoms with van der Waals surface area (Å²) in [6.07, 6.45) is 2.69. The Morgan fingerprint density at radius 2 is 2.03 bits per heavy atom. The molecule has 1 atom stereocenters. The Morgan fingerprint density at radius 1 is 1.29 bits per heavy atom. The molecule has 2 aromatic heterocycles. The van der Waals surface area contributed by atoms with Gasteiger partial charge in [-0.2, -0.15) is 5.10 Å². The minimum atomic E-state index is -0.247. The third-order valence-electron chi connectivity index (χ3n) is 6.38. The fraction of sp³-hybridized carbons (Fsp3) is 0.458. The number of nitrogens with one attached hydrogen (secondary N) is 1. The number of hydrogen-bond donors (Lipinski definition) is 1. The zero-order valence-electron chi connectivity index (χ0n) is 18.8. The van der Waals surface area contributed by atoms with Crippen LogP contribution in [0.5, 0.6) is 0 Å². The molecule has 0 fully saturated rings. The van der Waals surface area contributed by atoms with E-state index in [0.29, 0.717) is 28.9 Å². The molecule has 0 unspecified atom stereocenters. The van der Waals surface area contributed by atoms with Crippen molar-refractivity contribution in [2.45, 2.75) is 60.4 Å². The summed E-state index contributed by atoms with van der Waals surface area (Å²) in [6, 6.07) is 7.70. The lowest BCUT2D eigenvalue weighted by Gasteiger charge is -2.33. The maximum atomic E-state index is 13.1. The topological polar surface area (TPSA) is 73.0 Å². The maximum absolute atomic E-state index is 13.1. The number of amides is 1. The first-order valence-corrected chi connectivity index (χ1v) is 11.1. The predicted octanol–water partition coefficient (Wildman–Crippen LogP) is 5.59. The molecule has 0 spiro atoms. The first kappa shape index (κ1) is 21.6. The van der Waals surface area contributed by atoms with Gasteiger partial charge in [0.25, 0.3) is 5.91 Å². The molecule has 1 amide bonds. The van der Waals surface area contributed by atoms with Crippen LogP contribution in [0.2, 0.25) is 5.02 Å². The third-order valence-corrected chi connectivity index (χ3v) is 6.75. The van der Waals surface area contributed by atoms with Crippen LogP contribution in [0.15, 0.2) is 28.8 Å². The van der Waals surface area contributed by atoms with Crippen molar-refractivity contribution < 1.29 is 9.32 Å². The van der Waals surface area contributed by atoms with Gasteiger partial charge >= 0.3 is 0 Å². The van der Waals surface area contributed by atoms with E-state index in [2.05, 4.69) is 36.3 Å². The third kappa shape index (κ3) is 4.26. The highest BCUT2D eigenvalue weighted by molar-refractivity contribution is 6.31. The van der Waals surface area contributed by atoms with E-state index in [4.69, 9.17) is 16.1 Å². The van der Waals surface area contributed by atoms with Gasteiger partial charge in [-0.05, 0) is 49.7 Å². The van der Waals surface area contributed by atoms with Crippen LogP contribution in [0.1, 0.15) is 66.0 Å². The van der Waals surface area contributed by atoms with Crippen molar-refractivity contribution in [2.75, 3.05) is 5.32 Å². The molecule has 4 rings (SSSR count). The van der Waals surface area contributed by atoms with Gasteiger partial charge < -0.3 is 9.84 Å². The van der Waals surface area contributed by atoms with Gasteiger partial charge in [0.05, 0.1) is 23.6 Å². The van der Waals surface area contributed by atoms with Crippen molar-refractivity contribution in [1.29, 1.82) is 0 Å². The molecule has 0 bridgehead atoms. The molecule has 0 radical (unpaired) electrons. The van der Waals surface area contributed by atoms with Gasteiger partial charge in [0.15, 0.2) is 5.69 Å². The van der Waals surface area contributed by atoms with E-state index in [1.165, 1.54) is 0 Å². The maximum Gasteiger partial charge on any atom is 0.278 e. The highest BCUT2D eigenvalue weighted by Gasteiger charge is 2.34. The summed E-state index contributed by atoms with van der Waals surface area (Å²) < 4.78 is 7.38. The lowest BCUT2D eigenvalue weighted by Crippen LogP contribution is -2.27. The van der Waals surface area contributed by atoms with Gasteiger partial charge in [0.2, 0.25) is 0 Å². The quantitative estimate of drug-likeness (QED) is 0.573. The minimum Gasteiger partial charge on any atom is -0.360 e. The number of nitrogens with zero attached hydrogens (tertiary/aromatic N) is 3. The molecule has 164 valence electrons. The summed E-state index contributed by atoms with van der Waals surface area (Å²) in [7, 11) is 0. The van der Waals surface area contributed by atoms with Crippen molar-refractivity contribution in [3.8, 4) is 0 Å². The lowest BCUT2D eigenvalue weighted by molar-refractivity contribution is 0.101. The zero-order chi connectivity index (χ0) is 22.3. The zero-order valence-corrected chi connectivity index (χ0v) is 19.5. The van der Waals surface area contributed by atoms with Gasteiger partial charge in [-0.25, -0.2) is 0 Å². The summed E-state index contributed by atoms with van der Waals surface area (Å²) in [5, 5.41) is 12.5. The molecule has 2 heterocycles. The van der Waals surface area contributed by atoms with Crippen molar-refractivity contribution in [2.24, 2.45) is 11.3 Å². The van der Waals surface area contributed by atoms with Crippen LogP contribution in [0.25, 0.3) is 0 Å². The van der Waals surface area contributed by atoms with Crippen molar-refractivity contribution in [3.05, 3.63) is 63.3 Å². The fourth-order valence-electron chi connectivity index (χ4n) is 4.31. The van der Waals surface area contributed by atoms with Gasteiger partial charge in [0, 0.05) is 17.0 Å². The highest BCUT2D eigenvalue weighted by Crippen LogP contribution is 2.38. The van der Waals surface area contributed by atoms with E-state index in [9.17, 15) is 4.79 Å². The van der Waals surface area contributed by atoms with Crippen LogP contribution in [-0.2, 0) is 19.4 Å². The van der Waals surface area contributed by atoms with E-state index >= 15 is 0 Å². The molecule has 0 aliphatic heterocycles. The van der Waals surface area contributed by atoms with Crippen LogP contribution in [0, 0.1) is 25.2 Å². The molecule has 7 heteroatoms. The normalized spacial score (nSPS) is 16.3. The molecule has 1 aliphatic carbocycles. The molecule has 3 aromatic rings. The Hall–Kier alpha value is -2.60. The average molecular weight is 441 g/mol. The van der Waals surface area contributed by atoms with Crippen molar-refractivity contribution in [3.63, 3.8) is 0 Å².